The maximum absolute atomic E-state index is 11.3. The third kappa shape index (κ3) is 3.37. The van der Waals surface area contributed by atoms with E-state index >= 15 is 0 Å². The molecule has 4 aromatic rings. The Kier molecular flexibility index (Phi) is 4.84. The van der Waals surface area contributed by atoms with E-state index < -0.39 is 0 Å². The molecule has 2 N–H and O–H groups in total. The zero-order chi connectivity index (χ0) is 22.4. The minimum absolute atomic E-state index is 0.0802. The zero-order valence-electron chi connectivity index (χ0n) is 18.2. The first-order chi connectivity index (χ1) is 15.4. The monoisotopic (exact) mass is 428 g/mol. The average molecular weight is 429 g/mol. The normalized spacial score (nSPS) is 13.6. The summed E-state index contributed by atoms with van der Waals surface area (Å²) in [7, 11) is 1.87. The molecule has 0 radical (unpaired) electrons. The molecule has 0 saturated heterocycles. The summed E-state index contributed by atoms with van der Waals surface area (Å²) in [5.74, 6) is 0.510. The van der Waals surface area contributed by atoms with Gasteiger partial charge in [-0.25, -0.2) is 4.98 Å². The molecule has 3 aromatic heterocycles. The molecule has 1 aromatic carbocycles. The molecule has 0 fully saturated rings. The number of fused-ring (bicyclic) bond motifs is 1. The average Bonchev–Trinajstić information content (AvgIpc) is 3.32. The molecule has 0 unspecified atom stereocenters. The molecule has 5 rings (SSSR count). The molecule has 0 amide bonds. The molecule has 1 aliphatic heterocycles. The minimum Gasteiger partial charge on any atom is -0.278 e. The van der Waals surface area contributed by atoms with Crippen LogP contribution in [0.1, 0.15) is 17.1 Å². The summed E-state index contributed by atoms with van der Waals surface area (Å²) in [6, 6.07) is 15.6. The van der Waals surface area contributed by atoms with Gasteiger partial charge in [0.05, 0.1) is 23.5 Å². The van der Waals surface area contributed by atoms with Crippen LogP contribution in [0.3, 0.4) is 0 Å². The fourth-order valence-electron chi connectivity index (χ4n) is 4.17. The largest absolute Gasteiger partial charge is 0.278 e. The minimum atomic E-state index is 0.0802. The van der Waals surface area contributed by atoms with Gasteiger partial charge < -0.3 is 0 Å². The summed E-state index contributed by atoms with van der Waals surface area (Å²) in [6.07, 6.45) is 1.73. The van der Waals surface area contributed by atoms with Crippen LogP contribution in [0.5, 0.6) is 0 Å². The van der Waals surface area contributed by atoms with Crippen molar-refractivity contribution >= 4 is 5.82 Å². The summed E-state index contributed by atoms with van der Waals surface area (Å²) in [5, 5.41) is 27.0. The lowest BCUT2D eigenvalue weighted by Gasteiger charge is -2.24. The van der Waals surface area contributed by atoms with Crippen molar-refractivity contribution in [3.8, 4) is 22.4 Å². The van der Waals surface area contributed by atoms with Gasteiger partial charge in [0.2, 0.25) is 5.62 Å². The highest BCUT2D eigenvalue weighted by Crippen LogP contribution is 2.40. The van der Waals surface area contributed by atoms with Crippen LogP contribution in [0.15, 0.2) is 54.7 Å². The van der Waals surface area contributed by atoms with Crippen LogP contribution < -0.4 is 10.8 Å². The van der Waals surface area contributed by atoms with Gasteiger partial charge in [-0.15, -0.1) is 0 Å². The topological polar surface area (TPSA) is 99.1 Å². The summed E-state index contributed by atoms with van der Waals surface area (Å²) < 4.78 is 3.48. The second kappa shape index (κ2) is 7.70. The third-order valence-electron chi connectivity index (χ3n) is 5.64. The SMILES string of the molecule is Cc1cc(-c2c(-c3ccccc3)nc(=N)n3c2N(O)N(Cc2ccnn2C)C3)cc(C)n1. The number of rotatable bonds is 4. The van der Waals surface area contributed by atoms with Crippen LogP contribution in [0, 0.1) is 19.3 Å². The van der Waals surface area contributed by atoms with Crippen molar-refractivity contribution in [2.75, 3.05) is 5.17 Å². The Morgan fingerprint density at radius 2 is 1.72 bits per heavy atom. The number of nitrogens with one attached hydrogen (secondary N) is 1. The second-order valence-electron chi connectivity index (χ2n) is 7.96. The van der Waals surface area contributed by atoms with Crippen LogP contribution in [0.2, 0.25) is 0 Å². The van der Waals surface area contributed by atoms with Crippen molar-refractivity contribution in [2.45, 2.75) is 27.1 Å². The molecule has 0 atom stereocenters. The van der Waals surface area contributed by atoms with Crippen molar-refractivity contribution in [3.63, 3.8) is 0 Å². The number of anilines is 1. The summed E-state index contributed by atoms with van der Waals surface area (Å²) >= 11 is 0. The summed E-state index contributed by atoms with van der Waals surface area (Å²) in [6.45, 7) is 4.63. The lowest BCUT2D eigenvalue weighted by Crippen LogP contribution is -2.35. The van der Waals surface area contributed by atoms with Gasteiger partial charge in [0.1, 0.15) is 6.67 Å². The van der Waals surface area contributed by atoms with E-state index in [2.05, 4.69) is 15.1 Å². The quantitative estimate of drug-likeness (QED) is 0.518. The van der Waals surface area contributed by atoms with E-state index in [0.29, 0.717) is 24.7 Å². The Hall–Kier alpha value is -3.82. The molecule has 4 heterocycles. The summed E-state index contributed by atoms with van der Waals surface area (Å²) in [5.41, 5.74) is 5.96. The Bertz CT molecular complexity index is 1340. The zero-order valence-corrected chi connectivity index (χ0v) is 18.2. The summed E-state index contributed by atoms with van der Waals surface area (Å²) in [4.78, 5) is 9.17. The van der Waals surface area contributed by atoms with Gasteiger partial charge in [-0.1, -0.05) is 30.3 Å². The molecule has 32 heavy (non-hydrogen) atoms. The van der Waals surface area contributed by atoms with E-state index in [0.717, 1.165) is 38.9 Å². The fourth-order valence-corrected chi connectivity index (χ4v) is 4.17. The Labute approximate surface area is 185 Å². The number of pyridine rings is 1. The first kappa shape index (κ1) is 20.1. The third-order valence-corrected chi connectivity index (χ3v) is 5.64. The van der Waals surface area contributed by atoms with E-state index in [1.54, 1.807) is 20.5 Å². The Balaban J connectivity index is 1.73. The van der Waals surface area contributed by atoms with Crippen molar-refractivity contribution in [3.05, 3.63) is 77.4 Å². The Morgan fingerprint density at radius 1 is 1.00 bits per heavy atom. The predicted molar refractivity (Wildman–Crippen MR) is 119 cm³/mol. The molecule has 0 saturated carbocycles. The van der Waals surface area contributed by atoms with Gasteiger partial charge in [-0.2, -0.15) is 15.3 Å². The molecule has 1 aliphatic rings. The maximum Gasteiger partial charge on any atom is 0.225 e. The number of hydrogen-bond acceptors (Lipinski definition) is 7. The molecule has 9 nitrogen and oxygen atoms in total. The molecular formula is C23H24N8O. The first-order valence-electron chi connectivity index (χ1n) is 10.3. The lowest BCUT2D eigenvalue weighted by atomic mass is 9.99. The van der Waals surface area contributed by atoms with Gasteiger partial charge >= 0.3 is 0 Å². The van der Waals surface area contributed by atoms with Gasteiger partial charge in [-0.3, -0.25) is 24.8 Å². The molecular weight excluding hydrogens is 404 g/mol. The van der Waals surface area contributed by atoms with E-state index in [1.807, 2.05) is 69.4 Å². The van der Waals surface area contributed by atoms with Crippen molar-refractivity contribution in [1.82, 2.24) is 29.3 Å². The fraction of sp³-hybridized carbons (Fsp3) is 0.217. The van der Waals surface area contributed by atoms with Crippen molar-refractivity contribution in [2.24, 2.45) is 7.05 Å². The molecule has 0 bridgehead atoms. The smallest absolute Gasteiger partial charge is 0.225 e. The second-order valence-corrected chi connectivity index (χ2v) is 7.96. The van der Waals surface area contributed by atoms with E-state index in [4.69, 9.17) is 5.41 Å². The van der Waals surface area contributed by atoms with Crippen LogP contribution in [0.25, 0.3) is 22.4 Å². The predicted octanol–water partition coefficient (Wildman–Crippen LogP) is 3.03. The molecule has 9 heteroatoms. The van der Waals surface area contributed by atoms with Crippen LogP contribution in [-0.2, 0) is 20.3 Å². The number of hydrazine groups is 1. The maximum atomic E-state index is 11.3. The van der Waals surface area contributed by atoms with Crippen LogP contribution in [-0.4, -0.2) is 34.5 Å². The molecule has 162 valence electrons. The highest BCUT2D eigenvalue weighted by Gasteiger charge is 2.33. The van der Waals surface area contributed by atoms with Gasteiger partial charge in [0, 0.05) is 30.2 Å². The lowest BCUT2D eigenvalue weighted by molar-refractivity contribution is 0.0604. The van der Waals surface area contributed by atoms with E-state index in [9.17, 15) is 5.21 Å². The molecule has 0 spiro atoms. The standard InChI is InChI=1S/C23H24N8O/c1-15-11-18(12-16(2)26-15)20-21(17-7-5-4-6-8-17)27-23(24)30-14-29(31(32)22(20)30)13-19-9-10-25-28(19)3/h4-12,24,32H,13-14H2,1-3H3. The van der Waals surface area contributed by atoms with Gasteiger partial charge in [0.15, 0.2) is 5.82 Å². The van der Waals surface area contributed by atoms with E-state index in [-0.39, 0.29) is 5.62 Å². The van der Waals surface area contributed by atoms with Crippen molar-refractivity contribution < 1.29 is 5.21 Å². The highest BCUT2D eigenvalue weighted by molar-refractivity contribution is 5.88. The number of benzene rings is 1. The van der Waals surface area contributed by atoms with E-state index in [1.165, 1.54) is 0 Å². The number of hydrogen-bond donors (Lipinski definition) is 2. The highest BCUT2D eigenvalue weighted by atomic mass is 16.6. The number of nitrogens with zero attached hydrogens (tertiary/aromatic N) is 7. The van der Waals surface area contributed by atoms with Gasteiger partial charge in [0.25, 0.3) is 0 Å². The number of aromatic nitrogens is 5. The number of aryl methyl sites for hydroxylation is 3. The first-order valence-corrected chi connectivity index (χ1v) is 10.3. The molecule has 0 aliphatic carbocycles. The van der Waals surface area contributed by atoms with Crippen LogP contribution >= 0.6 is 0 Å². The van der Waals surface area contributed by atoms with Crippen molar-refractivity contribution in [1.29, 1.82) is 5.41 Å². The van der Waals surface area contributed by atoms with Gasteiger partial charge in [-0.05, 0) is 37.6 Å². The van der Waals surface area contributed by atoms with Crippen LogP contribution in [0.4, 0.5) is 5.82 Å². The Morgan fingerprint density at radius 3 is 2.38 bits per heavy atom.